The second-order valence-corrected chi connectivity index (χ2v) is 6.83. The van der Waals surface area contributed by atoms with Crippen LogP contribution in [0, 0.1) is 0 Å². The molecule has 0 aliphatic heterocycles. The van der Waals surface area contributed by atoms with Crippen molar-refractivity contribution in [3.8, 4) is 0 Å². The molecule has 0 fully saturated rings. The molecule has 0 aliphatic rings. The fourth-order valence-electron chi connectivity index (χ4n) is 1.75. The average Bonchev–Trinajstić information content (AvgIpc) is 2.29. The zero-order chi connectivity index (χ0) is 16.8. The van der Waals surface area contributed by atoms with Crippen LogP contribution in [0.15, 0.2) is 0 Å². The Morgan fingerprint density at radius 1 is 1.00 bits per heavy atom. The molecule has 0 aromatic rings. The number of carbonyl (C=O) groups is 2. The van der Waals surface area contributed by atoms with E-state index in [0.717, 1.165) is 6.54 Å². The van der Waals surface area contributed by atoms with Crippen LogP contribution >= 0.6 is 0 Å². The molecule has 0 N–H and O–H groups in total. The highest BCUT2D eigenvalue weighted by atomic mass is 16.6. The first-order valence-electron chi connectivity index (χ1n) is 7.22. The van der Waals surface area contributed by atoms with Gasteiger partial charge in [0, 0.05) is 20.1 Å². The molecule has 0 bridgehead atoms. The monoisotopic (exact) mass is 301 g/mol. The van der Waals surface area contributed by atoms with Crippen molar-refractivity contribution in [2.45, 2.75) is 38.8 Å². The largest absolute Gasteiger partial charge is 0.460 e. The van der Waals surface area contributed by atoms with E-state index in [1.54, 1.807) is 30.9 Å². The van der Waals surface area contributed by atoms with Crippen LogP contribution < -0.4 is 0 Å². The highest BCUT2D eigenvalue weighted by Gasteiger charge is 2.29. The molecule has 1 atom stereocenters. The molecule has 6 nitrogen and oxygen atoms in total. The SMILES string of the molecule is CN(C)CCN(C)C(=O)C(CC(=O)OC(C)(C)C)N(C)C. The lowest BCUT2D eigenvalue weighted by Gasteiger charge is -2.29. The van der Waals surface area contributed by atoms with Crippen LogP contribution in [0.5, 0.6) is 0 Å². The van der Waals surface area contributed by atoms with Gasteiger partial charge < -0.3 is 14.5 Å². The van der Waals surface area contributed by atoms with E-state index in [0.29, 0.717) is 6.54 Å². The topological polar surface area (TPSA) is 53.1 Å². The van der Waals surface area contributed by atoms with Crippen LogP contribution in [0.2, 0.25) is 0 Å². The molecular formula is C15H31N3O3. The molecule has 124 valence electrons. The summed E-state index contributed by atoms with van der Waals surface area (Å²) in [5, 5.41) is 0. The van der Waals surface area contributed by atoms with Crippen LogP contribution in [0.4, 0.5) is 0 Å². The van der Waals surface area contributed by atoms with E-state index in [9.17, 15) is 9.59 Å². The second-order valence-electron chi connectivity index (χ2n) is 6.83. The molecule has 1 unspecified atom stereocenters. The lowest BCUT2D eigenvalue weighted by atomic mass is 10.1. The fraction of sp³-hybridized carbons (Fsp3) is 0.867. The Labute approximate surface area is 129 Å². The number of carbonyl (C=O) groups excluding carboxylic acids is 2. The van der Waals surface area contributed by atoms with Gasteiger partial charge in [-0.2, -0.15) is 0 Å². The third-order valence-corrected chi connectivity index (χ3v) is 2.95. The Balaban J connectivity index is 4.67. The Morgan fingerprint density at radius 3 is 1.90 bits per heavy atom. The maximum Gasteiger partial charge on any atom is 0.308 e. The number of amides is 1. The number of rotatable bonds is 7. The van der Waals surface area contributed by atoms with Gasteiger partial charge in [0.05, 0.1) is 12.5 Å². The van der Waals surface area contributed by atoms with Gasteiger partial charge in [-0.05, 0) is 49.0 Å². The van der Waals surface area contributed by atoms with E-state index in [1.807, 2.05) is 39.8 Å². The van der Waals surface area contributed by atoms with Gasteiger partial charge in [-0.3, -0.25) is 14.5 Å². The molecule has 0 rings (SSSR count). The van der Waals surface area contributed by atoms with Crippen molar-refractivity contribution in [3.63, 3.8) is 0 Å². The highest BCUT2D eigenvalue weighted by molar-refractivity contribution is 5.86. The van der Waals surface area contributed by atoms with E-state index >= 15 is 0 Å². The maximum atomic E-state index is 12.5. The minimum Gasteiger partial charge on any atom is -0.460 e. The van der Waals surface area contributed by atoms with Gasteiger partial charge >= 0.3 is 5.97 Å². The summed E-state index contributed by atoms with van der Waals surface area (Å²) < 4.78 is 5.30. The number of ether oxygens (including phenoxy) is 1. The predicted molar refractivity (Wildman–Crippen MR) is 84.1 cm³/mol. The van der Waals surface area contributed by atoms with Gasteiger partial charge in [-0.1, -0.05) is 0 Å². The van der Waals surface area contributed by atoms with E-state index in [-0.39, 0.29) is 18.3 Å². The molecule has 21 heavy (non-hydrogen) atoms. The van der Waals surface area contributed by atoms with E-state index in [2.05, 4.69) is 0 Å². The summed E-state index contributed by atoms with van der Waals surface area (Å²) in [6.07, 6.45) is 0.0649. The maximum absolute atomic E-state index is 12.5. The smallest absolute Gasteiger partial charge is 0.308 e. The highest BCUT2D eigenvalue weighted by Crippen LogP contribution is 2.12. The second kappa shape index (κ2) is 8.34. The van der Waals surface area contributed by atoms with Crippen molar-refractivity contribution in [1.82, 2.24) is 14.7 Å². The Bertz CT molecular complexity index is 349. The lowest BCUT2D eigenvalue weighted by Crippen LogP contribution is -2.47. The number of hydrogen-bond acceptors (Lipinski definition) is 5. The number of nitrogens with zero attached hydrogens (tertiary/aromatic N) is 3. The van der Waals surface area contributed by atoms with Gasteiger partial charge in [0.2, 0.25) is 5.91 Å². The molecule has 1 amide bonds. The molecule has 0 saturated heterocycles. The summed E-state index contributed by atoms with van der Waals surface area (Å²) in [7, 11) is 9.28. The summed E-state index contributed by atoms with van der Waals surface area (Å²) in [6, 6.07) is -0.494. The van der Waals surface area contributed by atoms with Crippen molar-refractivity contribution >= 4 is 11.9 Å². The molecule has 0 saturated carbocycles. The number of hydrogen-bond donors (Lipinski definition) is 0. The van der Waals surface area contributed by atoms with Gasteiger partial charge in [0.25, 0.3) is 0 Å². The molecule has 0 heterocycles. The van der Waals surface area contributed by atoms with Crippen LogP contribution in [-0.2, 0) is 14.3 Å². The Kier molecular flexibility index (Phi) is 7.89. The summed E-state index contributed by atoms with van der Waals surface area (Å²) in [5.74, 6) is -0.414. The zero-order valence-electron chi connectivity index (χ0n) is 14.8. The van der Waals surface area contributed by atoms with Crippen molar-refractivity contribution in [2.24, 2.45) is 0 Å². The van der Waals surface area contributed by atoms with Crippen molar-refractivity contribution in [2.75, 3.05) is 48.3 Å². The fourth-order valence-corrected chi connectivity index (χ4v) is 1.75. The molecule has 0 radical (unpaired) electrons. The van der Waals surface area contributed by atoms with Crippen molar-refractivity contribution in [3.05, 3.63) is 0 Å². The number of esters is 1. The summed E-state index contributed by atoms with van der Waals surface area (Å²) in [6.45, 7) is 6.88. The van der Waals surface area contributed by atoms with Crippen LogP contribution in [-0.4, -0.2) is 86.5 Å². The minimum atomic E-state index is -0.534. The third-order valence-electron chi connectivity index (χ3n) is 2.95. The molecular weight excluding hydrogens is 270 g/mol. The molecule has 6 heteroatoms. The normalized spacial score (nSPS) is 13.4. The Hall–Kier alpha value is -1.14. The van der Waals surface area contributed by atoms with Crippen molar-refractivity contribution in [1.29, 1.82) is 0 Å². The summed E-state index contributed by atoms with van der Waals surface area (Å²) in [4.78, 5) is 29.8. The first-order chi connectivity index (χ1) is 9.44. The average molecular weight is 301 g/mol. The van der Waals surface area contributed by atoms with Gasteiger partial charge in [0.1, 0.15) is 5.60 Å². The lowest BCUT2D eigenvalue weighted by molar-refractivity contribution is -0.158. The van der Waals surface area contributed by atoms with E-state index in [4.69, 9.17) is 4.74 Å². The Morgan fingerprint density at radius 2 is 1.52 bits per heavy atom. The molecule has 0 aromatic carbocycles. The zero-order valence-corrected chi connectivity index (χ0v) is 14.8. The standard InChI is InChI=1S/C15H31N3O3/c1-15(2,3)21-13(19)11-12(17(6)7)14(20)18(8)10-9-16(4)5/h12H,9-11H2,1-8H3. The summed E-state index contributed by atoms with van der Waals surface area (Å²) >= 11 is 0. The van der Waals surface area contributed by atoms with Crippen molar-refractivity contribution < 1.29 is 14.3 Å². The van der Waals surface area contributed by atoms with Crippen LogP contribution in [0.25, 0.3) is 0 Å². The first kappa shape index (κ1) is 19.9. The quantitative estimate of drug-likeness (QED) is 0.647. The van der Waals surface area contributed by atoms with Gasteiger partial charge in [-0.25, -0.2) is 0 Å². The van der Waals surface area contributed by atoms with Gasteiger partial charge in [-0.15, -0.1) is 0 Å². The van der Waals surface area contributed by atoms with Gasteiger partial charge in [0.15, 0.2) is 0 Å². The first-order valence-corrected chi connectivity index (χ1v) is 7.22. The van der Waals surface area contributed by atoms with Crippen LogP contribution in [0.1, 0.15) is 27.2 Å². The third kappa shape index (κ3) is 8.67. The predicted octanol–water partition coefficient (Wildman–Crippen LogP) is 0.668. The van der Waals surface area contributed by atoms with E-state index in [1.165, 1.54) is 0 Å². The van der Waals surface area contributed by atoms with Crippen LogP contribution in [0.3, 0.4) is 0 Å². The molecule has 0 aromatic heterocycles. The summed E-state index contributed by atoms with van der Waals surface area (Å²) in [5.41, 5.74) is -0.534. The minimum absolute atomic E-state index is 0.0623. The molecule has 0 aliphatic carbocycles. The number of likely N-dealkylation sites (N-methyl/N-ethyl adjacent to an activating group) is 3. The van der Waals surface area contributed by atoms with E-state index < -0.39 is 11.6 Å². The molecule has 0 spiro atoms.